The summed E-state index contributed by atoms with van der Waals surface area (Å²) >= 11 is 0. The third-order valence-corrected chi connectivity index (χ3v) is 6.91. The number of imide groups is 1. The van der Waals surface area contributed by atoms with E-state index in [1.807, 2.05) is 35.8 Å². The number of hydrogen-bond acceptors (Lipinski definition) is 5. The Morgan fingerprint density at radius 2 is 1.77 bits per heavy atom. The Morgan fingerprint density at radius 3 is 2.39 bits per heavy atom. The smallest absolute Gasteiger partial charge is 0.325 e. The molecule has 1 aromatic carbocycles. The van der Waals surface area contributed by atoms with Crippen molar-refractivity contribution >= 4 is 34.9 Å². The second-order valence-corrected chi connectivity index (χ2v) is 8.48. The molecule has 0 unspecified atom stereocenters. The molecule has 1 saturated carbocycles. The van der Waals surface area contributed by atoms with E-state index in [-0.39, 0.29) is 48.0 Å². The zero-order valence-electron chi connectivity index (χ0n) is 17.7. The van der Waals surface area contributed by atoms with Crippen LogP contribution in [0.2, 0.25) is 0 Å². The number of rotatable bonds is 5. The Hall–Kier alpha value is -3.22. The van der Waals surface area contributed by atoms with Gasteiger partial charge in [-0.05, 0) is 44.6 Å². The number of amides is 2. The summed E-state index contributed by atoms with van der Waals surface area (Å²) < 4.78 is 6.99. The van der Waals surface area contributed by atoms with Crippen molar-refractivity contribution in [2.24, 2.45) is 28.8 Å². The molecule has 7 heteroatoms. The highest BCUT2D eigenvalue weighted by Crippen LogP contribution is 2.49. The number of benzene rings is 1. The lowest BCUT2D eigenvalue weighted by Gasteiger charge is -2.37. The van der Waals surface area contributed by atoms with Gasteiger partial charge in [0.25, 0.3) is 11.8 Å². The molecule has 2 amide bonds. The molecule has 2 bridgehead atoms. The number of allylic oxidation sites excluding steroid dienone is 2. The normalized spacial score (nSPS) is 27.0. The van der Waals surface area contributed by atoms with E-state index >= 15 is 0 Å². The van der Waals surface area contributed by atoms with Crippen LogP contribution in [0.5, 0.6) is 0 Å². The number of fused-ring (bicyclic) bond motifs is 2. The van der Waals surface area contributed by atoms with Crippen LogP contribution in [0.25, 0.3) is 10.9 Å². The van der Waals surface area contributed by atoms with Crippen LogP contribution in [0.4, 0.5) is 0 Å². The quantitative estimate of drug-likeness (QED) is 0.323. The lowest BCUT2D eigenvalue weighted by Crippen LogP contribution is -2.38. The van der Waals surface area contributed by atoms with Crippen LogP contribution in [0, 0.1) is 30.6 Å². The Morgan fingerprint density at radius 1 is 1.13 bits per heavy atom. The summed E-state index contributed by atoms with van der Waals surface area (Å²) in [5.74, 6) is -0.984. The van der Waals surface area contributed by atoms with Crippen LogP contribution >= 0.6 is 0 Å². The van der Waals surface area contributed by atoms with E-state index in [2.05, 4.69) is 17.3 Å². The maximum atomic E-state index is 13.0. The van der Waals surface area contributed by atoms with Crippen LogP contribution in [0.15, 0.2) is 41.5 Å². The molecule has 160 valence electrons. The summed E-state index contributed by atoms with van der Waals surface area (Å²) in [6, 6.07) is 7.70. The Kier molecular flexibility index (Phi) is 4.76. The molecule has 2 fully saturated rings. The van der Waals surface area contributed by atoms with Gasteiger partial charge < -0.3 is 9.30 Å². The Labute approximate surface area is 180 Å². The number of carbonyl (C=O) groups excluding carboxylic acids is 3. The van der Waals surface area contributed by atoms with Crippen molar-refractivity contribution in [1.29, 1.82) is 0 Å². The number of hydrazone groups is 1. The second-order valence-electron chi connectivity index (χ2n) is 8.48. The van der Waals surface area contributed by atoms with Gasteiger partial charge in [-0.1, -0.05) is 30.4 Å². The van der Waals surface area contributed by atoms with Gasteiger partial charge in [0.2, 0.25) is 0 Å². The number of aromatic nitrogens is 1. The topological polar surface area (TPSA) is 81.0 Å². The van der Waals surface area contributed by atoms with E-state index in [9.17, 15) is 14.4 Å². The van der Waals surface area contributed by atoms with E-state index in [1.54, 1.807) is 13.1 Å². The van der Waals surface area contributed by atoms with Crippen molar-refractivity contribution in [1.82, 2.24) is 9.58 Å². The van der Waals surface area contributed by atoms with Crippen molar-refractivity contribution in [2.45, 2.75) is 33.2 Å². The van der Waals surface area contributed by atoms with Crippen molar-refractivity contribution < 1.29 is 19.1 Å². The highest BCUT2D eigenvalue weighted by Gasteiger charge is 2.56. The van der Waals surface area contributed by atoms with Gasteiger partial charge >= 0.3 is 5.97 Å². The zero-order chi connectivity index (χ0) is 21.7. The molecule has 1 aliphatic heterocycles. The molecule has 4 aliphatic rings. The Balaban J connectivity index is 1.48. The maximum Gasteiger partial charge on any atom is 0.325 e. The molecular weight excluding hydrogens is 394 g/mol. The number of esters is 1. The molecule has 6 rings (SSSR count). The van der Waals surface area contributed by atoms with Gasteiger partial charge in [0.05, 0.1) is 24.7 Å². The lowest BCUT2D eigenvalue weighted by molar-refractivity contribution is -0.144. The van der Waals surface area contributed by atoms with Gasteiger partial charge in [-0.15, -0.1) is 0 Å². The second kappa shape index (κ2) is 7.48. The summed E-state index contributed by atoms with van der Waals surface area (Å²) in [6.45, 7) is 4.09. The first-order valence-corrected chi connectivity index (χ1v) is 10.8. The summed E-state index contributed by atoms with van der Waals surface area (Å²) in [7, 11) is 0. The van der Waals surface area contributed by atoms with Crippen LogP contribution in [-0.4, -0.2) is 40.2 Å². The van der Waals surface area contributed by atoms with E-state index < -0.39 is 0 Å². The van der Waals surface area contributed by atoms with E-state index in [1.165, 1.54) is 0 Å². The standard InChI is InChI=1S/C24H25N3O4/c1-3-31-20(28)13-26-14(2)18(17-6-4-5-7-19(17)26)12-25-27-23(29)21-15-8-9-16(11-10-15)22(21)24(27)30/h4-9,12,15-16,21-22H,3,10-11,13H2,1-2H3/b25-12-/t15-,16-,21-,22+/m0/s1. The highest BCUT2D eigenvalue weighted by atomic mass is 16.5. The van der Waals surface area contributed by atoms with Gasteiger partial charge in [-0.3, -0.25) is 14.4 Å². The van der Waals surface area contributed by atoms with Crippen molar-refractivity contribution in [3.05, 3.63) is 47.7 Å². The fourth-order valence-corrected chi connectivity index (χ4v) is 5.45. The van der Waals surface area contributed by atoms with Gasteiger partial charge in [-0.25, -0.2) is 0 Å². The maximum absolute atomic E-state index is 13.0. The molecule has 1 aromatic heterocycles. The molecule has 7 nitrogen and oxygen atoms in total. The number of nitrogens with zero attached hydrogens (tertiary/aromatic N) is 3. The molecule has 0 radical (unpaired) electrons. The third kappa shape index (κ3) is 3.02. The zero-order valence-corrected chi connectivity index (χ0v) is 17.7. The number of para-hydroxylation sites is 1. The highest BCUT2D eigenvalue weighted by molar-refractivity contribution is 6.07. The first-order valence-electron chi connectivity index (χ1n) is 10.8. The van der Waals surface area contributed by atoms with Crippen LogP contribution in [0.1, 0.15) is 31.0 Å². The van der Waals surface area contributed by atoms with Crippen molar-refractivity contribution in [3.63, 3.8) is 0 Å². The average Bonchev–Trinajstić information content (AvgIpc) is 3.20. The lowest BCUT2D eigenvalue weighted by atomic mass is 9.63. The van der Waals surface area contributed by atoms with Crippen LogP contribution in [0.3, 0.4) is 0 Å². The minimum absolute atomic E-state index is 0.0920. The van der Waals surface area contributed by atoms with Crippen LogP contribution in [-0.2, 0) is 25.7 Å². The number of hydrogen-bond donors (Lipinski definition) is 0. The Bertz CT molecular complexity index is 1110. The molecule has 4 atom stereocenters. The molecule has 3 aliphatic carbocycles. The number of ether oxygens (including phenoxy) is 1. The summed E-state index contributed by atoms with van der Waals surface area (Å²) in [4.78, 5) is 38.1. The minimum atomic E-state index is -0.313. The molecule has 1 saturated heterocycles. The first kappa shape index (κ1) is 19.7. The van der Waals surface area contributed by atoms with E-state index in [4.69, 9.17) is 4.74 Å². The number of carbonyl (C=O) groups is 3. The monoisotopic (exact) mass is 419 g/mol. The van der Waals surface area contributed by atoms with E-state index in [0.717, 1.165) is 40.0 Å². The minimum Gasteiger partial charge on any atom is -0.465 e. The molecule has 0 N–H and O–H groups in total. The van der Waals surface area contributed by atoms with Gasteiger partial charge in [-0.2, -0.15) is 10.1 Å². The first-order chi connectivity index (χ1) is 15.0. The van der Waals surface area contributed by atoms with Crippen LogP contribution < -0.4 is 0 Å². The average molecular weight is 419 g/mol. The largest absolute Gasteiger partial charge is 0.465 e. The fourth-order valence-electron chi connectivity index (χ4n) is 5.45. The predicted molar refractivity (Wildman–Crippen MR) is 115 cm³/mol. The molecule has 2 heterocycles. The molecule has 2 aromatic rings. The molecule has 31 heavy (non-hydrogen) atoms. The van der Waals surface area contributed by atoms with Crippen molar-refractivity contribution in [2.75, 3.05) is 6.61 Å². The summed E-state index contributed by atoms with van der Waals surface area (Å²) in [6.07, 6.45) is 7.70. The van der Waals surface area contributed by atoms with Gasteiger partial charge in [0, 0.05) is 22.2 Å². The van der Waals surface area contributed by atoms with Gasteiger partial charge in [0.15, 0.2) is 0 Å². The fraction of sp³-hybridized carbons (Fsp3) is 0.417. The predicted octanol–water partition coefficient (Wildman–Crippen LogP) is 3.04. The molecular formula is C24H25N3O4. The van der Waals surface area contributed by atoms with E-state index in [0.29, 0.717) is 6.61 Å². The summed E-state index contributed by atoms with van der Waals surface area (Å²) in [5.41, 5.74) is 2.50. The third-order valence-electron chi connectivity index (χ3n) is 6.91. The molecule has 0 spiro atoms. The van der Waals surface area contributed by atoms with Crippen molar-refractivity contribution in [3.8, 4) is 0 Å². The van der Waals surface area contributed by atoms with Gasteiger partial charge in [0.1, 0.15) is 6.54 Å². The summed E-state index contributed by atoms with van der Waals surface area (Å²) in [5, 5.41) is 6.35. The SMILES string of the molecule is CCOC(=O)Cn1c(C)c(/C=N\N2C(=O)[C@@H]3[C@H](C2=O)[C@H]2C=C[C@H]3CC2)c2ccccc21.